The highest BCUT2D eigenvalue weighted by Crippen LogP contribution is 2.51. The molecule has 184 valence electrons. The molecule has 10 nitrogen and oxygen atoms in total. The molecule has 2 aliphatic rings. The molecule has 1 aliphatic carbocycles. The number of pyridine rings is 1. The molecule has 1 saturated heterocycles. The molecular formula is C24H30FN9O. The van der Waals surface area contributed by atoms with E-state index in [1.165, 1.54) is 13.8 Å². The molecule has 1 unspecified atom stereocenters. The first-order valence-electron chi connectivity index (χ1n) is 11.8. The van der Waals surface area contributed by atoms with E-state index in [2.05, 4.69) is 25.6 Å². The number of aromatic amines is 1. The molecule has 1 saturated carbocycles. The highest BCUT2D eigenvalue weighted by Gasteiger charge is 2.53. The van der Waals surface area contributed by atoms with E-state index in [9.17, 15) is 9.18 Å². The third-order valence-electron chi connectivity index (χ3n) is 7.00. The van der Waals surface area contributed by atoms with E-state index < -0.39 is 5.67 Å². The number of rotatable bonds is 6. The van der Waals surface area contributed by atoms with Crippen LogP contribution in [0.1, 0.15) is 56.7 Å². The molecule has 5 rings (SSSR count). The van der Waals surface area contributed by atoms with E-state index in [-0.39, 0.29) is 35.4 Å². The maximum Gasteiger partial charge on any atom is 0.322 e. The van der Waals surface area contributed by atoms with Gasteiger partial charge in [-0.1, -0.05) is 0 Å². The largest absolute Gasteiger partial charge is 0.395 e. The Bertz CT molecular complexity index is 1280. The molecular weight excluding hydrogens is 449 g/mol. The number of likely N-dealkylation sites (tertiary alicyclic amines) is 1. The summed E-state index contributed by atoms with van der Waals surface area (Å²) < 4.78 is 15.8. The Labute approximate surface area is 202 Å². The summed E-state index contributed by atoms with van der Waals surface area (Å²) >= 11 is 0. The van der Waals surface area contributed by atoms with Gasteiger partial charge in [0, 0.05) is 42.0 Å². The number of fused-ring (bicyclic) bond motifs is 1. The first-order chi connectivity index (χ1) is 16.7. The average Bonchev–Trinajstić information content (AvgIpc) is 3.21. The highest BCUT2D eigenvalue weighted by molar-refractivity contribution is 5.94. The van der Waals surface area contributed by atoms with Gasteiger partial charge in [0.25, 0.3) is 0 Å². The van der Waals surface area contributed by atoms with Crippen LogP contribution in [0.4, 0.5) is 9.18 Å². The first-order valence-corrected chi connectivity index (χ1v) is 11.8. The Morgan fingerprint density at radius 3 is 2.83 bits per heavy atom. The quantitative estimate of drug-likeness (QED) is 0.401. The molecule has 5 N–H and O–H groups in total. The van der Waals surface area contributed by atoms with Gasteiger partial charge in [-0.3, -0.25) is 14.8 Å². The second-order valence-corrected chi connectivity index (χ2v) is 10.2. The summed E-state index contributed by atoms with van der Waals surface area (Å²) in [5.74, 6) is 0.208. The highest BCUT2D eigenvalue weighted by atomic mass is 19.1. The van der Waals surface area contributed by atoms with E-state index in [0.717, 1.165) is 42.8 Å². The standard InChI is InChI=1S/C24H30FN9O/c1-23(2,25)14-34-20-7-18(28-9-17(20)12-31-34)21(27)19(8-26)32-22(35)33-13-15(16-10-29-30-11-16)3-4-24(33)5-6-24/h7-12,15,26H,3-6,13-14,27H2,1-2H3,(H,29,30)(H,32,35)/b21-19+,26-8?. The predicted octanol–water partition coefficient (Wildman–Crippen LogP) is 3.30. The van der Waals surface area contributed by atoms with Gasteiger partial charge < -0.3 is 21.4 Å². The minimum Gasteiger partial charge on any atom is -0.395 e. The van der Waals surface area contributed by atoms with Gasteiger partial charge in [-0.05, 0) is 51.2 Å². The molecule has 0 bridgehead atoms. The Kier molecular flexibility index (Phi) is 5.57. The zero-order valence-electron chi connectivity index (χ0n) is 19.9. The molecule has 0 aromatic carbocycles. The maximum atomic E-state index is 14.2. The molecule has 1 aliphatic heterocycles. The number of nitrogens with zero attached hydrogens (tertiary/aromatic N) is 5. The summed E-state index contributed by atoms with van der Waals surface area (Å²) in [7, 11) is 0. The average molecular weight is 480 g/mol. The Morgan fingerprint density at radius 1 is 1.37 bits per heavy atom. The molecule has 11 heteroatoms. The number of H-pyrrole nitrogens is 1. The van der Waals surface area contributed by atoms with Crippen LogP contribution >= 0.6 is 0 Å². The van der Waals surface area contributed by atoms with Crippen molar-refractivity contribution < 1.29 is 9.18 Å². The second kappa shape index (κ2) is 8.47. The summed E-state index contributed by atoms with van der Waals surface area (Å²) in [4.78, 5) is 19.7. The lowest BCUT2D eigenvalue weighted by molar-refractivity contribution is 0.132. The fourth-order valence-corrected chi connectivity index (χ4v) is 4.91. The van der Waals surface area contributed by atoms with Crippen LogP contribution in [0.15, 0.2) is 36.6 Å². The molecule has 3 aromatic rings. The number of nitrogens with two attached hydrogens (primary N) is 1. The van der Waals surface area contributed by atoms with Gasteiger partial charge in [0.05, 0.1) is 41.5 Å². The fourth-order valence-electron chi connectivity index (χ4n) is 4.91. The number of hydrogen-bond acceptors (Lipinski definition) is 6. The number of carbonyl (C=O) groups excluding carboxylic acids is 1. The van der Waals surface area contributed by atoms with E-state index in [1.807, 2.05) is 17.3 Å². The van der Waals surface area contributed by atoms with Crippen LogP contribution in [0, 0.1) is 5.41 Å². The van der Waals surface area contributed by atoms with Crippen molar-refractivity contribution in [1.82, 2.24) is 35.2 Å². The number of hydrogen-bond donors (Lipinski definition) is 4. The van der Waals surface area contributed by atoms with Crippen molar-refractivity contribution in [2.75, 3.05) is 6.54 Å². The number of amides is 2. The molecule has 4 heterocycles. The summed E-state index contributed by atoms with van der Waals surface area (Å²) in [6.45, 7) is 3.64. The number of halogens is 1. The van der Waals surface area contributed by atoms with Crippen LogP contribution in [0.25, 0.3) is 16.6 Å². The van der Waals surface area contributed by atoms with E-state index in [0.29, 0.717) is 17.8 Å². The van der Waals surface area contributed by atoms with Crippen molar-refractivity contribution in [1.29, 1.82) is 5.41 Å². The van der Waals surface area contributed by atoms with Crippen LogP contribution in [-0.4, -0.2) is 59.9 Å². The number of carbonyl (C=O) groups is 1. The summed E-state index contributed by atoms with van der Waals surface area (Å²) in [6, 6.07) is 1.43. The normalized spacial score (nSPS) is 20.1. The van der Waals surface area contributed by atoms with Gasteiger partial charge in [-0.2, -0.15) is 10.2 Å². The number of allylic oxidation sites excluding steroid dienone is 1. The number of urea groups is 1. The zero-order valence-corrected chi connectivity index (χ0v) is 19.9. The SMILES string of the molecule is CC(C)(F)Cn1ncc2cnc(/C(N)=C(/C=N)NC(=O)N3CC(c4cn[nH]c4)CCC34CC4)cc21. The van der Waals surface area contributed by atoms with Crippen LogP contribution in [0.3, 0.4) is 0 Å². The molecule has 0 radical (unpaired) electrons. The molecule has 35 heavy (non-hydrogen) atoms. The van der Waals surface area contributed by atoms with Crippen LogP contribution in [-0.2, 0) is 6.54 Å². The van der Waals surface area contributed by atoms with Crippen molar-refractivity contribution in [2.24, 2.45) is 5.73 Å². The zero-order chi connectivity index (χ0) is 24.8. The lowest BCUT2D eigenvalue weighted by atomic mass is 9.87. The van der Waals surface area contributed by atoms with Crippen LogP contribution in [0.5, 0.6) is 0 Å². The van der Waals surface area contributed by atoms with Gasteiger partial charge in [0.15, 0.2) is 0 Å². The third-order valence-corrected chi connectivity index (χ3v) is 7.00. The van der Waals surface area contributed by atoms with E-state index >= 15 is 0 Å². The van der Waals surface area contributed by atoms with Crippen molar-refractivity contribution in [3.63, 3.8) is 0 Å². The van der Waals surface area contributed by atoms with Gasteiger partial charge >= 0.3 is 6.03 Å². The molecule has 1 spiro atoms. The monoisotopic (exact) mass is 479 g/mol. The Morgan fingerprint density at radius 2 is 2.17 bits per heavy atom. The fraction of sp³-hybridized carbons (Fsp3) is 0.458. The maximum absolute atomic E-state index is 14.2. The van der Waals surface area contributed by atoms with Gasteiger partial charge in [0.1, 0.15) is 5.67 Å². The number of alkyl halides is 1. The second-order valence-electron chi connectivity index (χ2n) is 10.2. The van der Waals surface area contributed by atoms with Crippen molar-refractivity contribution >= 4 is 28.8 Å². The predicted molar refractivity (Wildman–Crippen MR) is 130 cm³/mol. The molecule has 2 amide bonds. The number of piperidine rings is 1. The summed E-state index contributed by atoms with van der Waals surface area (Å²) in [6.07, 6.45) is 11.8. The van der Waals surface area contributed by atoms with Gasteiger partial charge in [-0.25, -0.2) is 9.18 Å². The van der Waals surface area contributed by atoms with Crippen molar-refractivity contribution in [3.05, 3.63) is 47.8 Å². The van der Waals surface area contributed by atoms with Crippen molar-refractivity contribution in [2.45, 2.75) is 63.2 Å². The molecule has 3 aromatic heterocycles. The minimum atomic E-state index is -1.45. The molecule has 1 atom stereocenters. The topological polar surface area (TPSA) is 142 Å². The minimum absolute atomic E-state index is 0.0760. The summed E-state index contributed by atoms with van der Waals surface area (Å²) in [5.41, 5.74) is 7.28. The lowest BCUT2D eigenvalue weighted by Crippen LogP contribution is -2.52. The first kappa shape index (κ1) is 23.0. The van der Waals surface area contributed by atoms with Gasteiger partial charge in [0.2, 0.25) is 0 Å². The van der Waals surface area contributed by atoms with Gasteiger partial charge in [-0.15, -0.1) is 0 Å². The van der Waals surface area contributed by atoms with Crippen LogP contribution < -0.4 is 11.1 Å². The lowest BCUT2D eigenvalue weighted by Gasteiger charge is -2.40. The Hall–Kier alpha value is -3.76. The number of aromatic nitrogens is 5. The molecule has 2 fully saturated rings. The van der Waals surface area contributed by atoms with Crippen molar-refractivity contribution in [3.8, 4) is 0 Å². The summed E-state index contributed by atoms with van der Waals surface area (Å²) in [5, 5.41) is 22.7. The third kappa shape index (κ3) is 4.50. The number of nitrogens with one attached hydrogen (secondary N) is 3. The van der Waals surface area contributed by atoms with E-state index in [1.54, 1.807) is 23.1 Å². The Balaban J connectivity index is 1.39. The smallest absolute Gasteiger partial charge is 0.322 e. The van der Waals surface area contributed by atoms with E-state index in [4.69, 9.17) is 11.1 Å². The van der Waals surface area contributed by atoms with Crippen LogP contribution in [0.2, 0.25) is 0 Å².